The SMILES string of the molecule is Cc1ncc(CN2CCOC(c3nc(N(C)C)ncc3-c3cccc(C(N)=O)c3)C2)s1. The van der Waals surface area contributed by atoms with Crippen LogP contribution in [0, 0.1) is 6.92 Å². The summed E-state index contributed by atoms with van der Waals surface area (Å²) in [7, 11) is 3.82. The molecule has 1 saturated heterocycles. The van der Waals surface area contributed by atoms with E-state index in [0.717, 1.165) is 34.9 Å². The third-order valence-corrected chi connectivity index (χ3v) is 6.07. The van der Waals surface area contributed by atoms with Crippen LogP contribution in [0.4, 0.5) is 5.95 Å². The highest BCUT2D eigenvalue weighted by Gasteiger charge is 2.27. The average Bonchev–Trinajstić information content (AvgIpc) is 3.18. The first kappa shape index (κ1) is 21.4. The minimum Gasteiger partial charge on any atom is -0.369 e. The summed E-state index contributed by atoms with van der Waals surface area (Å²) >= 11 is 1.72. The summed E-state index contributed by atoms with van der Waals surface area (Å²) in [4.78, 5) is 30.8. The van der Waals surface area contributed by atoms with Gasteiger partial charge in [-0.15, -0.1) is 11.3 Å². The largest absolute Gasteiger partial charge is 0.369 e. The predicted molar refractivity (Wildman–Crippen MR) is 121 cm³/mol. The quantitative estimate of drug-likeness (QED) is 0.632. The number of hydrogen-bond acceptors (Lipinski definition) is 8. The molecule has 8 nitrogen and oxygen atoms in total. The minimum absolute atomic E-state index is 0.211. The van der Waals surface area contributed by atoms with Crippen LogP contribution in [0.2, 0.25) is 0 Å². The lowest BCUT2D eigenvalue weighted by atomic mass is 9.99. The van der Waals surface area contributed by atoms with Crippen LogP contribution >= 0.6 is 11.3 Å². The van der Waals surface area contributed by atoms with Gasteiger partial charge in [-0.05, 0) is 24.6 Å². The van der Waals surface area contributed by atoms with E-state index in [-0.39, 0.29) is 6.10 Å². The van der Waals surface area contributed by atoms with E-state index in [4.69, 9.17) is 15.5 Å². The summed E-state index contributed by atoms with van der Waals surface area (Å²) in [5.41, 5.74) is 8.43. The van der Waals surface area contributed by atoms with E-state index in [9.17, 15) is 4.79 Å². The summed E-state index contributed by atoms with van der Waals surface area (Å²) in [6, 6.07) is 7.24. The van der Waals surface area contributed by atoms with E-state index < -0.39 is 5.91 Å². The zero-order valence-corrected chi connectivity index (χ0v) is 18.7. The summed E-state index contributed by atoms with van der Waals surface area (Å²) in [6.45, 7) is 5.04. The Bertz CT molecular complexity index is 1080. The molecular formula is C22H26N6O2S. The molecule has 4 rings (SSSR count). The van der Waals surface area contributed by atoms with Gasteiger partial charge in [0.2, 0.25) is 11.9 Å². The van der Waals surface area contributed by atoms with E-state index >= 15 is 0 Å². The van der Waals surface area contributed by atoms with Crippen LogP contribution in [-0.2, 0) is 11.3 Å². The van der Waals surface area contributed by atoms with Gasteiger partial charge in [-0.2, -0.15) is 0 Å². The molecule has 1 unspecified atom stereocenters. The molecule has 0 spiro atoms. The van der Waals surface area contributed by atoms with Crippen LogP contribution in [-0.4, -0.2) is 59.6 Å². The van der Waals surface area contributed by atoms with E-state index in [1.807, 2.05) is 44.2 Å². The van der Waals surface area contributed by atoms with Gasteiger partial charge in [0.15, 0.2) is 0 Å². The van der Waals surface area contributed by atoms with Gasteiger partial charge in [0.05, 0.1) is 17.3 Å². The predicted octanol–water partition coefficient (Wildman–Crippen LogP) is 2.65. The highest BCUT2D eigenvalue weighted by molar-refractivity contribution is 7.11. The third-order valence-electron chi connectivity index (χ3n) is 5.17. The molecule has 0 saturated carbocycles. The number of rotatable bonds is 6. The van der Waals surface area contributed by atoms with Crippen molar-refractivity contribution in [3.05, 3.63) is 57.8 Å². The Balaban J connectivity index is 1.67. The van der Waals surface area contributed by atoms with Gasteiger partial charge in [0.1, 0.15) is 6.10 Å². The summed E-state index contributed by atoms with van der Waals surface area (Å²) < 4.78 is 6.16. The lowest BCUT2D eigenvalue weighted by Crippen LogP contribution is -2.38. The number of anilines is 1. The second-order valence-electron chi connectivity index (χ2n) is 7.75. The molecule has 1 amide bonds. The summed E-state index contributed by atoms with van der Waals surface area (Å²) in [5.74, 6) is 0.151. The van der Waals surface area contributed by atoms with E-state index in [1.54, 1.807) is 29.7 Å². The number of aromatic nitrogens is 3. The normalized spacial score (nSPS) is 16.9. The van der Waals surface area contributed by atoms with Crippen LogP contribution < -0.4 is 10.6 Å². The number of thiazole rings is 1. The van der Waals surface area contributed by atoms with Crippen LogP contribution in [0.25, 0.3) is 11.1 Å². The molecule has 162 valence electrons. The van der Waals surface area contributed by atoms with Gasteiger partial charge in [0, 0.05) is 62.1 Å². The molecule has 1 fully saturated rings. The number of primary amides is 1. The molecule has 3 aromatic rings. The first-order chi connectivity index (χ1) is 14.9. The maximum absolute atomic E-state index is 11.7. The van der Waals surface area contributed by atoms with Gasteiger partial charge >= 0.3 is 0 Å². The van der Waals surface area contributed by atoms with Gasteiger partial charge in [-0.1, -0.05) is 12.1 Å². The minimum atomic E-state index is -0.464. The van der Waals surface area contributed by atoms with Crippen molar-refractivity contribution in [2.75, 3.05) is 38.7 Å². The number of nitrogens with two attached hydrogens (primary N) is 1. The molecule has 0 aliphatic carbocycles. The Morgan fingerprint density at radius 3 is 2.87 bits per heavy atom. The number of aryl methyl sites for hydroxylation is 1. The van der Waals surface area contributed by atoms with Crippen molar-refractivity contribution >= 4 is 23.2 Å². The molecule has 2 aromatic heterocycles. The monoisotopic (exact) mass is 438 g/mol. The lowest BCUT2D eigenvalue weighted by Gasteiger charge is -2.33. The smallest absolute Gasteiger partial charge is 0.248 e. The van der Waals surface area contributed by atoms with E-state index in [2.05, 4.69) is 14.9 Å². The van der Waals surface area contributed by atoms with Crippen molar-refractivity contribution in [3.63, 3.8) is 0 Å². The summed E-state index contributed by atoms with van der Waals surface area (Å²) in [5, 5.41) is 1.07. The zero-order chi connectivity index (χ0) is 22.0. The zero-order valence-electron chi connectivity index (χ0n) is 17.9. The van der Waals surface area contributed by atoms with Gasteiger partial charge in [0.25, 0.3) is 0 Å². The molecule has 3 heterocycles. The highest BCUT2D eigenvalue weighted by atomic mass is 32.1. The fourth-order valence-corrected chi connectivity index (χ4v) is 4.46. The number of benzene rings is 1. The van der Waals surface area contributed by atoms with Crippen LogP contribution in [0.15, 0.2) is 36.7 Å². The Hall–Kier alpha value is -2.88. The Labute approximate surface area is 185 Å². The first-order valence-electron chi connectivity index (χ1n) is 10.1. The fraction of sp³-hybridized carbons (Fsp3) is 0.364. The first-order valence-corrected chi connectivity index (χ1v) is 10.9. The van der Waals surface area contributed by atoms with Crippen molar-refractivity contribution in [3.8, 4) is 11.1 Å². The van der Waals surface area contributed by atoms with Crippen LogP contribution in [0.5, 0.6) is 0 Å². The number of carbonyl (C=O) groups excluding carboxylic acids is 1. The second kappa shape index (κ2) is 9.09. The molecular weight excluding hydrogens is 412 g/mol. The maximum atomic E-state index is 11.7. The highest BCUT2D eigenvalue weighted by Crippen LogP contribution is 2.32. The van der Waals surface area contributed by atoms with E-state index in [0.29, 0.717) is 24.7 Å². The molecule has 1 atom stereocenters. The molecule has 0 radical (unpaired) electrons. The fourth-order valence-electron chi connectivity index (χ4n) is 3.62. The molecule has 1 aliphatic rings. The van der Waals surface area contributed by atoms with Gasteiger partial charge in [-0.3, -0.25) is 9.69 Å². The van der Waals surface area contributed by atoms with Crippen LogP contribution in [0.3, 0.4) is 0 Å². The molecule has 2 N–H and O–H groups in total. The topological polar surface area (TPSA) is 97.5 Å². The number of nitrogens with zero attached hydrogens (tertiary/aromatic N) is 5. The third kappa shape index (κ3) is 4.90. The van der Waals surface area contributed by atoms with Gasteiger partial charge in [-0.25, -0.2) is 15.0 Å². The molecule has 1 aromatic carbocycles. The van der Waals surface area contributed by atoms with Gasteiger partial charge < -0.3 is 15.4 Å². The standard InChI is InChI=1S/C22H26N6O2S/c1-14-24-10-17(31-14)12-28-7-8-30-19(13-28)20-18(11-25-22(26-20)27(2)3)15-5-4-6-16(9-15)21(23)29/h4-6,9-11,19H,7-8,12-13H2,1-3H3,(H2,23,29). The van der Waals surface area contributed by atoms with Crippen molar-refractivity contribution in [1.29, 1.82) is 0 Å². The Morgan fingerprint density at radius 1 is 1.32 bits per heavy atom. The van der Waals surface area contributed by atoms with Crippen LogP contribution in [0.1, 0.15) is 32.0 Å². The molecule has 9 heteroatoms. The van der Waals surface area contributed by atoms with Crippen molar-refractivity contribution in [2.24, 2.45) is 5.73 Å². The number of carbonyl (C=O) groups is 1. The van der Waals surface area contributed by atoms with E-state index in [1.165, 1.54) is 4.88 Å². The number of hydrogen-bond donors (Lipinski definition) is 1. The number of morpholine rings is 1. The summed E-state index contributed by atoms with van der Waals surface area (Å²) in [6.07, 6.45) is 3.53. The average molecular weight is 439 g/mol. The molecule has 0 bridgehead atoms. The number of amides is 1. The Kier molecular flexibility index (Phi) is 6.26. The number of ether oxygens (including phenoxy) is 1. The molecule has 1 aliphatic heterocycles. The Morgan fingerprint density at radius 2 is 2.16 bits per heavy atom. The van der Waals surface area contributed by atoms with Crippen molar-refractivity contribution in [1.82, 2.24) is 19.9 Å². The molecule has 31 heavy (non-hydrogen) atoms. The second-order valence-corrected chi connectivity index (χ2v) is 9.07. The van der Waals surface area contributed by atoms with Crippen molar-refractivity contribution < 1.29 is 9.53 Å². The van der Waals surface area contributed by atoms with Crippen molar-refractivity contribution in [2.45, 2.75) is 19.6 Å². The maximum Gasteiger partial charge on any atom is 0.248 e. The lowest BCUT2D eigenvalue weighted by molar-refractivity contribution is -0.0344.